The average Bonchev–Trinajstić information content (AvgIpc) is 2.69. The third-order valence-electron chi connectivity index (χ3n) is 6.25. The van der Waals surface area contributed by atoms with Gasteiger partial charge in [0.1, 0.15) is 0 Å². The Balaban J connectivity index is 5.57. The Bertz CT molecular complexity index is 420. The van der Waals surface area contributed by atoms with Crippen LogP contribution in [-0.2, 0) is 14.3 Å². The molecule has 0 heterocycles. The molecule has 0 spiro atoms. The number of unbranched alkanes of at least 4 members (excludes halogenated alkanes) is 3. The molecule has 0 radical (unpaired) electrons. The Morgan fingerprint density at radius 1 is 0.929 bits per heavy atom. The molecule has 4 atom stereocenters. The van der Waals surface area contributed by atoms with Crippen molar-refractivity contribution in [3.63, 3.8) is 0 Å². The Labute approximate surface area is 178 Å². The summed E-state index contributed by atoms with van der Waals surface area (Å²) in [5, 5.41) is 0. The first kappa shape index (κ1) is 27.9. The molecule has 4 nitrogen and oxygen atoms in total. The number of rotatable bonds is 17. The average molecular weight is 504 g/mol. The van der Waals surface area contributed by atoms with E-state index in [0.717, 1.165) is 0 Å². The number of amides is 1. The van der Waals surface area contributed by atoms with Crippen molar-refractivity contribution in [3.05, 3.63) is 10.2 Å². The molecule has 0 aliphatic heterocycles. The maximum absolute atomic E-state index is 11.7. The van der Waals surface area contributed by atoms with E-state index in [-0.39, 0.29) is 30.0 Å². The molecule has 28 heavy (non-hydrogen) atoms. The second-order valence-corrected chi connectivity index (χ2v) is 21.5. The van der Waals surface area contributed by atoms with Crippen LogP contribution in [0.25, 0.3) is 0 Å². The van der Waals surface area contributed by atoms with E-state index < -0.39 is 18.4 Å². The SMILES string of the molecule is CCC[CH2][Sn](/[CH]=C/[C@H](OC)[C@H](C)[C@@H](OC)[C@@H](C)C(N)=O)([CH2]CCC)[CH2]CCC. The van der Waals surface area contributed by atoms with Crippen molar-refractivity contribution in [2.24, 2.45) is 17.6 Å². The molecule has 0 aromatic carbocycles. The summed E-state index contributed by atoms with van der Waals surface area (Å²) in [7, 11) is 3.42. The predicted octanol–water partition coefficient (Wildman–Crippen LogP) is 5.72. The number of methoxy groups -OCH3 is 2. The molecule has 0 bridgehead atoms. The van der Waals surface area contributed by atoms with Gasteiger partial charge in [0.15, 0.2) is 0 Å². The third kappa shape index (κ3) is 9.62. The number of ether oxygens (including phenoxy) is 2. The summed E-state index contributed by atoms with van der Waals surface area (Å²) in [5.41, 5.74) is 5.53. The van der Waals surface area contributed by atoms with Crippen LogP contribution in [0.2, 0.25) is 13.3 Å². The van der Waals surface area contributed by atoms with Crippen molar-refractivity contribution in [3.8, 4) is 0 Å². The van der Waals surface area contributed by atoms with Crippen LogP contribution in [0.15, 0.2) is 10.2 Å². The van der Waals surface area contributed by atoms with Gasteiger partial charge in [0.25, 0.3) is 0 Å². The number of hydrogen-bond donors (Lipinski definition) is 1. The standard InChI is InChI=1S/C11H20NO3.3C4H9.Sn/c1-6-9(14-4)7(2)10(15-5)8(3)11(12)13;3*1-3-4-2;/h1,6-10H,2-5H3,(H2,12,13);3*1,3-4H2,2H3;/t7-,8+,9-,10+;;;;/m0..../s1. The number of primary amides is 1. The monoisotopic (exact) mass is 505 g/mol. The van der Waals surface area contributed by atoms with Crippen LogP contribution in [0, 0.1) is 11.8 Å². The van der Waals surface area contributed by atoms with Gasteiger partial charge in [0.05, 0.1) is 0 Å². The van der Waals surface area contributed by atoms with Crippen LogP contribution >= 0.6 is 0 Å². The van der Waals surface area contributed by atoms with E-state index in [1.807, 2.05) is 6.92 Å². The van der Waals surface area contributed by atoms with Crippen LogP contribution in [0.4, 0.5) is 0 Å². The van der Waals surface area contributed by atoms with E-state index in [0.29, 0.717) is 0 Å². The summed E-state index contributed by atoms with van der Waals surface area (Å²) in [4.78, 5) is 11.7. The van der Waals surface area contributed by atoms with Gasteiger partial charge in [-0.15, -0.1) is 0 Å². The van der Waals surface area contributed by atoms with Gasteiger partial charge in [0, 0.05) is 0 Å². The second kappa shape index (κ2) is 15.7. The van der Waals surface area contributed by atoms with E-state index in [4.69, 9.17) is 15.2 Å². The Morgan fingerprint density at radius 3 is 1.71 bits per heavy atom. The fourth-order valence-electron chi connectivity index (χ4n) is 4.20. The first-order valence-corrected chi connectivity index (χ1v) is 19.1. The topological polar surface area (TPSA) is 61.6 Å². The van der Waals surface area contributed by atoms with Crippen LogP contribution in [-0.4, -0.2) is 50.7 Å². The van der Waals surface area contributed by atoms with Gasteiger partial charge in [0.2, 0.25) is 0 Å². The zero-order chi connectivity index (χ0) is 21.6. The third-order valence-corrected chi connectivity index (χ3v) is 20.4. The van der Waals surface area contributed by atoms with Crippen LogP contribution in [0.5, 0.6) is 0 Å². The van der Waals surface area contributed by atoms with Gasteiger partial charge in [-0.2, -0.15) is 0 Å². The molecule has 1 amide bonds. The van der Waals surface area contributed by atoms with Crippen molar-refractivity contribution in [2.75, 3.05) is 14.2 Å². The van der Waals surface area contributed by atoms with Gasteiger partial charge in [-0.05, 0) is 0 Å². The summed E-state index contributed by atoms with van der Waals surface area (Å²) in [6, 6.07) is 0. The molecular formula is C23H47NO3Sn. The second-order valence-electron chi connectivity index (χ2n) is 8.48. The quantitative estimate of drug-likeness (QED) is 0.258. The van der Waals surface area contributed by atoms with Gasteiger partial charge < -0.3 is 0 Å². The Morgan fingerprint density at radius 2 is 1.39 bits per heavy atom. The van der Waals surface area contributed by atoms with E-state index in [9.17, 15) is 4.79 Å². The zero-order valence-corrected chi connectivity index (χ0v) is 22.5. The molecule has 0 saturated heterocycles. The summed E-state index contributed by atoms with van der Waals surface area (Å²) < 4.78 is 18.5. The van der Waals surface area contributed by atoms with E-state index in [1.165, 1.54) is 51.8 Å². The summed E-state index contributed by atoms with van der Waals surface area (Å²) in [6.07, 6.45) is 9.90. The number of hydrogen-bond acceptors (Lipinski definition) is 3. The summed E-state index contributed by atoms with van der Waals surface area (Å²) >= 11 is -2.35. The molecule has 0 aromatic heterocycles. The fourth-order valence-corrected chi connectivity index (χ4v) is 18.5. The van der Waals surface area contributed by atoms with E-state index in [1.54, 1.807) is 14.2 Å². The van der Waals surface area contributed by atoms with Gasteiger partial charge in [-0.1, -0.05) is 0 Å². The first-order valence-electron chi connectivity index (χ1n) is 11.4. The van der Waals surface area contributed by atoms with Crippen molar-refractivity contribution in [2.45, 2.75) is 98.7 Å². The molecule has 5 heteroatoms. The molecule has 0 unspecified atom stereocenters. The Kier molecular flexibility index (Phi) is 15.7. The zero-order valence-electron chi connectivity index (χ0n) is 19.6. The van der Waals surface area contributed by atoms with Crippen LogP contribution < -0.4 is 5.73 Å². The van der Waals surface area contributed by atoms with Gasteiger partial charge >= 0.3 is 179 Å². The molecule has 0 fully saturated rings. The molecule has 0 aliphatic carbocycles. The van der Waals surface area contributed by atoms with Crippen molar-refractivity contribution in [1.82, 2.24) is 0 Å². The maximum atomic E-state index is 11.7. The Hall–Kier alpha value is -0.0713. The van der Waals surface area contributed by atoms with Crippen molar-refractivity contribution in [1.29, 1.82) is 0 Å². The molecule has 166 valence electrons. The predicted molar refractivity (Wildman–Crippen MR) is 123 cm³/mol. The van der Waals surface area contributed by atoms with Gasteiger partial charge in [-0.3, -0.25) is 0 Å². The number of carbonyl (C=O) groups is 1. The minimum absolute atomic E-state index is 0.0484. The molecule has 0 rings (SSSR count). The minimum atomic E-state index is -2.35. The van der Waals surface area contributed by atoms with Crippen molar-refractivity contribution >= 4 is 24.3 Å². The molecule has 0 saturated carbocycles. The van der Waals surface area contributed by atoms with Gasteiger partial charge in [-0.25, -0.2) is 0 Å². The summed E-state index contributed by atoms with van der Waals surface area (Å²) in [6.45, 7) is 10.8. The number of nitrogens with two attached hydrogens (primary N) is 1. The molecule has 0 aromatic rings. The van der Waals surface area contributed by atoms with Crippen LogP contribution in [0.3, 0.4) is 0 Å². The molecule has 2 N–H and O–H groups in total. The van der Waals surface area contributed by atoms with E-state index >= 15 is 0 Å². The summed E-state index contributed by atoms with van der Waals surface area (Å²) in [5.74, 6) is -0.583. The first-order chi connectivity index (χ1) is 13.3. The molecular weight excluding hydrogens is 457 g/mol. The number of carbonyl (C=O) groups excluding carboxylic acids is 1. The fraction of sp³-hybridized carbons (Fsp3) is 0.870. The van der Waals surface area contributed by atoms with E-state index in [2.05, 4.69) is 37.9 Å². The van der Waals surface area contributed by atoms with Crippen molar-refractivity contribution < 1.29 is 14.3 Å². The normalized spacial score (nSPS) is 16.8. The van der Waals surface area contributed by atoms with Crippen LogP contribution in [0.1, 0.15) is 73.1 Å². The molecule has 0 aliphatic rings.